The Bertz CT molecular complexity index is 823. The van der Waals surface area contributed by atoms with Crippen LogP contribution < -0.4 is 5.32 Å². The van der Waals surface area contributed by atoms with Crippen molar-refractivity contribution in [1.29, 1.82) is 5.26 Å². The topological polar surface area (TPSA) is 99.0 Å². The van der Waals surface area contributed by atoms with Crippen molar-refractivity contribution in [3.63, 3.8) is 0 Å². The van der Waals surface area contributed by atoms with Crippen LogP contribution in [0.25, 0.3) is 0 Å². The van der Waals surface area contributed by atoms with Gasteiger partial charge in [0, 0.05) is 25.3 Å². The van der Waals surface area contributed by atoms with Crippen LogP contribution in [0.2, 0.25) is 0 Å². The van der Waals surface area contributed by atoms with Crippen molar-refractivity contribution in [2.75, 3.05) is 18.4 Å². The summed E-state index contributed by atoms with van der Waals surface area (Å²) in [7, 11) is -3.51. The van der Waals surface area contributed by atoms with E-state index in [4.69, 9.17) is 5.26 Å². The number of sulfonamides is 1. The number of nitriles is 1. The molecule has 3 rings (SSSR count). The van der Waals surface area contributed by atoms with E-state index in [9.17, 15) is 8.42 Å². The van der Waals surface area contributed by atoms with E-state index in [-0.39, 0.29) is 10.9 Å². The van der Waals surface area contributed by atoms with Crippen molar-refractivity contribution in [2.24, 2.45) is 0 Å². The van der Waals surface area contributed by atoms with Crippen LogP contribution in [-0.2, 0) is 10.0 Å². The molecule has 1 saturated heterocycles. The molecule has 0 aliphatic carbocycles. The summed E-state index contributed by atoms with van der Waals surface area (Å²) in [6, 6.07) is 9.98. The van der Waals surface area contributed by atoms with Crippen LogP contribution >= 0.6 is 0 Å². The Hall–Kier alpha value is -2.50. The van der Waals surface area contributed by atoms with Gasteiger partial charge in [-0.2, -0.15) is 9.57 Å². The quantitative estimate of drug-likeness (QED) is 0.905. The Kier molecular flexibility index (Phi) is 4.74. The number of piperidine rings is 1. The third-order valence-electron chi connectivity index (χ3n) is 4.01. The number of aromatic nitrogens is 2. The van der Waals surface area contributed by atoms with Crippen molar-refractivity contribution in [2.45, 2.75) is 23.8 Å². The van der Waals surface area contributed by atoms with Gasteiger partial charge in [0.2, 0.25) is 10.0 Å². The predicted molar refractivity (Wildman–Crippen MR) is 88.6 cm³/mol. The zero-order valence-electron chi connectivity index (χ0n) is 13.0. The lowest BCUT2D eigenvalue weighted by atomic mass is 10.1. The van der Waals surface area contributed by atoms with Gasteiger partial charge in [-0.1, -0.05) is 0 Å². The van der Waals surface area contributed by atoms with E-state index in [1.54, 1.807) is 12.3 Å². The Morgan fingerprint density at radius 3 is 2.46 bits per heavy atom. The first kappa shape index (κ1) is 16.4. The molecule has 1 N–H and O–H groups in total. The Labute approximate surface area is 141 Å². The lowest BCUT2D eigenvalue weighted by molar-refractivity contribution is 0.329. The van der Waals surface area contributed by atoms with Gasteiger partial charge < -0.3 is 5.32 Å². The molecule has 0 unspecified atom stereocenters. The number of nitrogens with zero attached hydrogens (tertiary/aromatic N) is 4. The first-order valence-electron chi connectivity index (χ1n) is 7.62. The lowest BCUT2D eigenvalue weighted by Gasteiger charge is -2.31. The van der Waals surface area contributed by atoms with Crippen molar-refractivity contribution in [3.05, 3.63) is 48.4 Å². The summed E-state index contributed by atoms with van der Waals surface area (Å²) in [5.74, 6) is 0.749. The van der Waals surface area contributed by atoms with Crippen LogP contribution in [0.5, 0.6) is 0 Å². The van der Waals surface area contributed by atoms with E-state index < -0.39 is 10.0 Å². The van der Waals surface area contributed by atoms with E-state index >= 15 is 0 Å². The fraction of sp³-hybridized carbons (Fsp3) is 0.312. The average Bonchev–Trinajstić information content (AvgIpc) is 2.63. The second-order valence-corrected chi connectivity index (χ2v) is 7.49. The SMILES string of the molecule is N#Cc1ccc(S(=O)(=O)N2CCC(Nc3ccncn3)CC2)cc1. The fourth-order valence-corrected chi connectivity index (χ4v) is 4.15. The van der Waals surface area contributed by atoms with Gasteiger partial charge in [0.05, 0.1) is 16.5 Å². The molecule has 0 saturated carbocycles. The maximum atomic E-state index is 12.7. The molecule has 0 spiro atoms. The minimum absolute atomic E-state index is 0.187. The zero-order valence-corrected chi connectivity index (χ0v) is 13.8. The predicted octanol–water partition coefficient (Wildman–Crippen LogP) is 1.61. The van der Waals surface area contributed by atoms with Gasteiger partial charge in [-0.15, -0.1) is 0 Å². The third kappa shape index (κ3) is 3.53. The number of nitrogens with one attached hydrogen (secondary N) is 1. The first-order chi connectivity index (χ1) is 11.6. The highest BCUT2D eigenvalue weighted by Gasteiger charge is 2.29. The Balaban J connectivity index is 1.64. The Morgan fingerprint density at radius 2 is 1.88 bits per heavy atom. The number of hydrogen-bond acceptors (Lipinski definition) is 6. The lowest BCUT2D eigenvalue weighted by Crippen LogP contribution is -2.42. The number of rotatable bonds is 4. The third-order valence-corrected chi connectivity index (χ3v) is 5.92. The van der Waals surface area contributed by atoms with Gasteiger partial charge in [0.25, 0.3) is 0 Å². The number of hydrogen-bond donors (Lipinski definition) is 1. The minimum atomic E-state index is -3.51. The summed E-state index contributed by atoms with van der Waals surface area (Å²) >= 11 is 0. The molecule has 1 aromatic carbocycles. The molecule has 24 heavy (non-hydrogen) atoms. The largest absolute Gasteiger partial charge is 0.367 e. The zero-order chi connectivity index (χ0) is 17.0. The van der Waals surface area contributed by atoms with Crippen LogP contribution in [0.3, 0.4) is 0 Å². The minimum Gasteiger partial charge on any atom is -0.367 e. The van der Waals surface area contributed by atoms with Crippen LogP contribution in [0, 0.1) is 11.3 Å². The summed E-state index contributed by atoms with van der Waals surface area (Å²) < 4.78 is 26.8. The van der Waals surface area contributed by atoms with Crippen LogP contribution in [0.1, 0.15) is 18.4 Å². The van der Waals surface area contributed by atoms with Gasteiger partial charge in [-0.3, -0.25) is 0 Å². The Morgan fingerprint density at radius 1 is 1.17 bits per heavy atom. The maximum Gasteiger partial charge on any atom is 0.243 e. The van der Waals surface area contributed by atoms with Crippen molar-refractivity contribution in [3.8, 4) is 6.07 Å². The summed E-state index contributed by atoms with van der Waals surface area (Å²) in [6.45, 7) is 0.899. The summed E-state index contributed by atoms with van der Waals surface area (Å²) in [5.41, 5.74) is 0.446. The van der Waals surface area contributed by atoms with Gasteiger partial charge in [0.15, 0.2) is 0 Å². The molecule has 1 aromatic heterocycles. The molecule has 0 amide bonds. The molecule has 2 aromatic rings. The van der Waals surface area contributed by atoms with Crippen molar-refractivity contribution >= 4 is 15.8 Å². The highest BCUT2D eigenvalue weighted by molar-refractivity contribution is 7.89. The molecular formula is C16H17N5O2S. The van der Waals surface area contributed by atoms with Crippen LogP contribution in [0.4, 0.5) is 5.82 Å². The van der Waals surface area contributed by atoms with Crippen molar-refractivity contribution < 1.29 is 8.42 Å². The molecule has 0 radical (unpaired) electrons. The first-order valence-corrected chi connectivity index (χ1v) is 9.06. The van der Waals surface area contributed by atoms with Gasteiger partial charge in [-0.05, 0) is 43.2 Å². The van der Waals surface area contributed by atoms with Crippen molar-refractivity contribution in [1.82, 2.24) is 14.3 Å². The second-order valence-electron chi connectivity index (χ2n) is 5.55. The molecule has 124 valence electrons. The van der Waals surface area contributed by atoms with Crippen LogP contribution in [-0.4, -0.2) is 41.8 Å². The van der Waals surface area contributed by atoms with E-state index in [1.807, 2.05) is 6.07 Å². The van der Waals surface area contributed by atoms with E-state index in [0.29, 0.717) is 31.5 Å². The van der Waals surface area contributed by atoms with E-state index in [0.717, 1.165) is 5.82 Å². The smallest absolute Gasteiger partial charge is 0.243 e. The molecule has 8 heteroatoms. The monoisotopic (exact) mass is 343 g/mol. The molecule has 7 nitrogen and oxygen atoms in total. The molecule has 2 heterocycles. The summed E-state index contributed by atoms with van der Waals surface area (Å²) in [5, 5.41) is 12.1. The average molecular weight is 343 g/mol. The fourth-order valence-electron chi connectivity index (χ4n) is 2.68. The van der Waals surface area contributed by atoms with E-state index in [2.05, 4.69) is 15.3 Å². The molecule has 0 bridgehead atoms. The van der Waals surface area contributed by atoms with Gasteiger partial charge in [0.1, 0.15) is 12.1 Å². The molecular weight excluding hydrogens is 326 g/mol. The molecule has 0 atom stereocenters. The maximum absolute atomic E-state index is 12.7. The molecule has 1 aliphatic heterocycles. The molecule has 1 fully saturated rings. The summed E-state index contributed by atoms with van der Waals surface area (Å²) in [4.78, 5) is 8.22. The highest BCUT2D eigenvalue weighted by Crippen LogP contribution is 2.22. The number of anilines is 1. The standard InChI is InChI=1S/C16H17N5O2S/c17-11-13-1-3-15(4-2-13)24(22,23)21-9-6-14(7-10-21)20-16-5-8-18-12-19-16/h1-5,8,12,14H,6-7,9-10H2,(H,18,19,20). The second kappa shape index (κ2) is 6.95. The molecule has 1 aliphatic rings. The van der Waals surface area contributed by atoms with E-state index in [1.165, 1.54) is 34.9 Å². The van der Waals surface area contributed by atoms with Crippen LogP contribution in [0.15, 0.2) is 47.8 Å². The normalized spacial score (nSPS) is 16.5. The van der Waals surface area contributed by atoms with Gasteiger partial charge in [-0.25, -0.2) is 18.4 Å². The van der Waals surface area contributed by atoms with Gasteiger partial charge >= 0.3 is 0 Å². The number of benzene rings is 1. The highest BCUT2D eigenvalue weighted by atomic mass is 32.2. The summed E-state index contributed by atoms with van der Waals surface area (Å²) in [6.07, 6.45) is 4.56.